The van der Waals surface area contributed by atoms with Gasteiger partial charge in [-0.3, -0.25) is 4.99 Å². The van der Waals surface area contributed by atoms with Crippen LogP contribution in [0.15, 0.2) is 47.5 Å². The largest absolute Gasteiger partial charge is 0.496 e. The van der Waals surface area contributed by atoms with Crippen molar-refractivity contribution in [3.63, 3.8) is 0 Å². The number of para-hydroxylation sites is 2. The molecule has 0 radical (unpaired) electrons. The number of halogens is 1. The van der Waals surface area contributed by atoms with E-state index in [4.69, 9.17) is 9.47 Å². The molecule has 0 saturated carbocycles. The van der Waals surface area contributed by atoms with Crippen LogP contribution in [-0.2, 0) is 6.54 Å². The topological polar surface area (TPSA) is 58.1 Å². The first-order valence-corrected chi connectivity index (χ1v) is 9.63. The minimum Gasteiger partial charge on any atom is -0.496 e. The monoisotopic (exact) mass is 510 g/mol. The predicted molar refractivity (Wildman–Crippen MR) is 130 cm³/mol. The zero-order valence-electron chi connectivity index (χ0n) is 17.6. The van der Waals surface area contributed by atoms with Crippen LogP contribution in [0, 0.1) is 6.92 Å². The fraction of sp³-hybridized carbons (Fsp3) is 0.409. The van der Waals surface area contributed by atoms with Gasteiger partial charge in [0.15, 0.2) is 5.96 Å². The van der Waals surface area contributed by atoms with Crippen LogP contribution in [0.2, 0.25) is 0 Å². The summed E-state index contributed by atoms with van der Waals surface area (Å²) in [5, 5.41) is 6.95. The van der Waals surface area contributed by atoms with Crippen LogP contribution in [0.3, 0.4) is 0 Å². The molecule has 0 aliphatic carbocycles. The number of anilines is 1. The Hall–Kier alpha value is -2.16. The molecule has 2 N–H and O–H groups in total. The fourth-order valence-corrected chi connectivity index (χ4v) is 3.61. The molecule has 1 unspecified atom stereocenters. The molecule has 1 aliphatic heterocycles. The molecule has 6 nitrogen and oxygen atoms in total. The molecule has 29 heavy (non-hydrogen) atoms. The summed E-state index contributed by atoms with van der Waals surface area (Å²) in [4.78, 5) is 6.74. The highest BCUT2D eigenvalue weighted by molar-refractivity contribution is 14.0. The van der Waals surface area contributed by atoms with E-state index in [2.05, 4.69) is 51.7 Å². The lowest BCUT2D eigenvalue weighted by atomic mass is 10.1. The van der Waals surface area contributed by atoms with Gasteiger partial charge in [0.1, 0.15) is 11.5 Å². The van der Waals surface area contributed by atoms with E-state index in [1.807, 2.05) is 25.2 Å². The highest BCUT2D eigenvalue weighted by atomic mass is 127. The van der Waals surface area contributed by atoms with E-state index < -0.39 is 0 Å². The highest BCUT2D eigenvalue weighted by Gasteiger charge is 2.25. The summed E-state index contributed by atoms with van der Waals surface area (Å²) in [6, 6.07) is 14.7. The van der Waals surface area contributed by atoms with E-state index in [1.165, 1.54) is 5.56 Å². The Morgan fingerprint density at radius 2 is 1.90 bits per heavy atom. The van der Waals surface area contributed by atoms with Crippen LogP contribution in [0.5, 0.6) is 11.5 Å². The zero-order valence-corrected chi connectivity index (χ0v) is 19.9. The van der Waals surface area contributed by atoms with E-state index >= 15 is 0 Å². The first-order valence-electron chi connectivity index (χ1n) is 9.63. The number of benzene rings is 2. The number of methoxy groups -OCH3 is 2. The van der Waals surface area contributed by atoms with Crippen molar-refractivity contribution in [1.82, 2.24) is 10.6 Å². The van der Waals surface area contributed by atoms with Crippen molar-refractivity contribution in [2.75, 3.05) is 39.3 Å². The average Bonchev–Trinajstić information content (AvgIpc) is 3.19. The summed E-state index contributed by atoms with van der Waals surface area (Å²) in [6.07, 6.45) is 1.06. The number of nitrogens with one attached hydrogen (secondary N) is 2. The molecule has 3 rings (SSSR count). The minimum absolute atomic E-state index is 0. The van der Waals surface area contributed by atoms with Gasteiger partial charge >= 0.3 is 0 Å². The smallest absolute Gasteiger partial charge is 0.191 e. The van der Waals surface area contributed by atoms with Gasteiger partial charge in [-0.15, -0.1) is 24.0 Å². The zero-order chi connectivity index (χ0) is 19.9. The van der Waals surface area contributed by atoms with Crippen LogP contribution in [0.4, 0.5) is 5.69 Å². The second-order valence-electron chi connectivity index (χ2n) is 6.98. The summed E-state index contributed by atoms with van der Waals surface area (Å²) in [5.74, 6) is 2.65. The third-order valence-corrected chi connectivity index (χ3v) is 5.10. The van der Waals surface area contributed by atoms with Gasteiger partial charge in [0.2, 0.25) is 0 Å². The predicted octanol–water partition coefficient (Wildman–Crippen LogP) is 3.57. The molecule has 1 aliphatic rings. The minimum atomic E-state index is 0. The van der Waals surface area contributed by atoms with Crippen molar-refractivity contribution in [3.05, 3.63) is 53.6 Å². The van der Waals surface area contributed by atoms with Gasteiger partial charge in [0, 0.05) is 32.7 Å². The Morgan fingerprint density at radius 1 is 1.14 bits per heavy atom. The molecule has 2 aromatic rings. The summed E-state index contributed by atoms with van der Waals surface area (Å²) < 4.78 is 10.8. The van der Waals surface area contributed by atoms with Crippen LogP contribution < -0.4 is 25.0 Å². The molecule has 0 amide bonds. The van der Waals surface area contributed by atoms with Crippen LogP contribution in [-0.4, -0.2) is 46.4 Å². The Kier molecular flexibility index (Phi) is 8.88. The molecule has 7 heteroatoms. The molecule has 158 valence electrons. The molecule has 0 spiro atoms. The lowest BCUT2D eigenvalue weighted by Crippen LogP contribution is -2.44. The Balaban J connectivity index is 0.00000300. The van der Waals surface area contributed by atoms with Crippen LogP contribution in [0.1, 0.15) is 17.5 Å². The number of guanidine groups is 1. The Bertz CT molecular complexity index is 828. The molecule has 0 bridgehead atoms. The molecule has 1 heterocycles. The maximum absolute atomic E-state index is 5.50. The number of ether oxygens (including phenoxy) is 2. The Labute approximate surface area is 190 Å². The molecular weight excluding hydrogens is 479 g/mol. The SMILES string of the molecule is CN=C(NCc1ccc(OC)c(C)c1)NC1CCN(c2ccccc2OC)C1.I. The van der Waals surface area contributed by atoms with E-state index in [-0.39, 0.29) is 24.0 Å². The number of aryl methyl sites for hydroxylation is 1. The summed E-state index contributed by atoms with van der Waals surface area (Å²) >= 11 is 0. The number of hydrogen-bond donors (Lipinski definition) is 2. The van der Waals surface area contributed by atoms with Gasteiger partial charge in [-0.25, -0.2) is 0 Å². The van der Waals surface area contributed by atoms with Crippen molar-refractivity contribution in [2.24, 2.45) is 4.99 Å². The lowest BCUT2D eigenvalue weighted by Gasteiger charge is -2.22. The van der Waals surface area contributed by atoms with Gasteiger partial charge in [0.05, 0.1) is 19.9 Å². The normalized spacial score (nSPS) is 16.2. The van der Waals surface area contributed by atoms with Crippen molar-refractivity contribution < 1.29 is 9.47 Å². The van der Waals surface area contributed by atoms with Crippen molar-refractivity contribution in [1.29, 1.82) is 0 Å². The maximum atomic E-state index is 5.50. The van der Waals surface area contributed by atoms with E-state index in [0.29, 0.717) is 12.6 Å². The van der Waals surface area contributed by atoms with Gasteiger partial charge < -0.3 is 25.0 Å². The van der Waals surface area contributed by atoms with Crippen molar-refractivity contribution in [3.8, 4) is 11.5 Å². The third-order valence-electron chi connectivity index (χ3n) is 5.10. The van der Waals surface area contributed by atoms with E-state index in [9.17, 15) is 0 Å². The first-order chi connectivity index (χ1) is 13.6. The number of nitrogens with zero attached hydrogens (tertiary/aromatic N) is 2. The maximum Gasteiger partial charge on any atom is 0.191 e. The van der Waals surface area contributed by atoms with Crippen molar-refractivity contribution >= 4 is 35.6 Å². The molecule has 1 atom stereocenters. The van der Waals surface area contributed by atoms with Gasteiger partial charge in [-0.05, 0) is 42.7 Å². The summed E-state index contributed by atoms with van der Waals surface area (Å²) in [5.41, 5.74) is 3.47. The molecule has 2 aromatic carbocycles. The molecule has 1 fully saturated rings. The second kappa shape index (κ2) is 11.1. The van der Waals surface area contributed by atoms with Crippen LogP contribution >= 0.6 is 24.0 Å². The van der Waals surface area contributed by atoms with E-state index in [0.717, 1.165) is 48.2 Å². The standard InChI is InChI=1S/C22H30N4O2.HI/c1-16-13-17(9-10-20(16)27-3)14-24-22(23-2)25-18-11-12-26(15-18)19-7-5-6-8-21(19)28-4;/h5-10,13,18H,11-12,14-15H2,1-4H3,(H2,23,24,25);1H. The second-order valence-corrected chi connectivity index (χ2v) is 6.98. The lowest BCUT2D eigenvalue weighted by molar-refractivity contribution is 0.411. The fourth-order valence-electron chi connectivity index (χ4n) is 3.61. The number of aliphatic imine (C=N–C) groups is 1. The number of rotatable bonds is 6. The molecule has 0 aromatic heterocycles. The average molecular weight is 510 g/mol. The Morgan fingerprint density at radius 3 is 2.59 bits per heavy atom. The van der Waals surface area contributed by atoms with Gasteiger partial charge in [-0.1, -0.05) is 24.3 Å². The summed E-state index contributed by atoms with van der Waals surface area (Å²) in [6.45, 7) is 4.68. The van der Waals surface area contributed by atoms with Crippen molar-refractivity contribution in [2.45, 2.75) is 25.9 Å². The van der Waals surface area contributed by atoms with Gasteiger partial charge in [0.25, 0.3) is 0 Å². The molecular formula is C22H31IN4O2. The summed E-state index contributed by atoms with van der Waals surface area (Å²) in [7, 11) is 5.22. The molecule has 1 saturated heterocycles. The highest BCUT2D eigenvalue weighted by Crippen LogP contribution is 2.30. The van der Waals surface area contributed by atoms with Crippen LogP contribution in [0.25, 0.3) is 0 Å². The number of hydrogen-bond acceptors (Lipinski definition) is 4. The first kappa shape index (κ1) is 23.1. The quantitative estimate of drug-likeness (QED) is 0.354. The third kappa shape index (κ3) is 5.91. The van der Waals surface area contributed by atoms with E-state index in [1.54, 1.807) is 14.2 Å². The van der Waals surface area contributed by atoms with Gasteiger partial charge in [-0.2, -0.15) is 0 Å².